The molecule has 1 N–H and O–H groups in total. The molecule has 20 heavy (non-hydrogen) atoms. The van der Waals surface area contributed by atoms with Crippen LogP contribution in [-0.2, 0) is 6.54 Å². The van der Waals surface area contributed by atoms with E-state index in [1.54, 1.807) is 12.1 Å². The van der Waals surface area contributed by atoms with Crippen LogP contribution in [-0.4, -0.2) is 6.61 Å². The predicted molar refractivity (Wildman–Crippen MR) is 83.0 cm³/mol. The highest BCUT2D eigenvalue weighted by Gasteiger charge is 2.23. The number of para-hydroxylation sites is 1. The highest BCUT2D eigenvalue weighted by atomic mass is 35.5. The fraction of sp³-hybridized carbons (Fsp3) is 0.200. The second-order valence-electron chi connectivity index (χ2n) is 4.60. The molecule has 1 unspecified atom stereocenters. The molecule has 0 spiro atoms. The van der Waals surface area contributed by atoms with Crippen molar-refractivity contribution < 1.29 is 4.74 Å². The molecule has 0 radical (unpaired) electrons. The number of ether oxygens (including phenoxy) is 1. The van der Waals surface area contributed by atoms with Crippen LogP contribution in [0.25, 0.3) is 0 Å². The Balaban J connectivity index is 1.77. The number of hydrogen-bond donors (Lipinski definition) is 1. The maximum Gasteiger partial charge on any atom is 0.124 e. The summed E-state index contributed by atoms with van der Waals surface area (Å²) < 4.78 is 5.63. The molecule has 3 rings (SSSR count). The monoisotopic (exact) mass is 327 g/mol. The van der Waals surface area contributed by atoms with E-state index in [0.717, 1.165) is 16.9 Å². The van der Waals surface area contributed by atoms with E-state index < -0.39 is 0 Å². The van der Waals surface area contributed by atoms with Crippen molar-refractivity contribution >= 4 is 34.8 Å². The summed E-state index contributed by atoms with van der Waals surface area (Å²) in [6, 6.07) is 11.6. The van der Waals surface area contributed by atoms with Crippen LogP contribution in [0.3, 0.4) is 0 Å². The number of benzene rings is 2. The molecule has 1 aliphatic heterocycles. The Kier molecular flexibility index (Phi) is 4.08. The summed E-state index contributed by atoms with van der Waals surface area (Å²) in [7, 11) is 0. The summed E-state index contributed by atoms with van der Waals surface area (Å²) in [5, 5.41) is 5.03. The van der Waals surface area contributed by atoms with Crippen LogP contribution in [0, 0.1) is 0 Å². The molecule has 1 atom stereocenters. The van der Waals surface area contributed by atoms with Crippen molar-refractivity contribution in [2.75, 3.05) is 6.61 Å². The fourth-order valence-corrected chi connectivity index (χ4v) is 2.97. The van der Waals surface area contributed by atoms with E-state index in [9.17, 15) is 0 Å². The minimum Gasteiger partial charge on any atom is -0.491 e. The second kappa shape index (κ2) is 5.82. The van der Waals surface area contributed by atoms with Crippen molar-refractivity contribution in [3.63, 3.8) is 0 Å². The van der Waals surface area contributed by atoms with Crippen LogP contribution in [0.15, 0.2) is 36.4 Å². The molecule has 1 aliphatic rings. The molecule has 0 saturated heterocycles. The standard InChI is InChI=1S/C15H12Cl3NO/c16-11-5-6-12(17)15(18)10(11)7-19-13-8-20-14-4-2-1-3-9(13)14/h1-6,13,19H,7-8H2. The first-order chi connectivity index (χ1) is 9.66. The van der Waals surface area contributed by atoms with Gasteiger partial charge in [0.25, 0.3) is 0 Å². The molecule has 0 amide bonds. The van der Waals surface area contributed by atoms with Crippen molar-refractivity contribution in [3.05, 3.63) is 62.6 Å². The highest BCUT2D eigenvalue weighted by Crippen LogP contribution is 2.34. The van der Waals surface area contributed by atoms with Crippen LogP contribution in [0.5, 0.6) is 5.75 Å². The van der Waals surface area contributed by atoms with Gasteiger partial charge >= 0.3 is 0 Å². The Labute approximate surface area is 132 Å². The number of halogens is 3. The Hall–Kier alpha value is -0.930. The highest BCUT2D eigenvalue weighted by molar-refractivity contribution is 6.44. The van der Waals surface area contributed by atoms with E-state index in [-0.39, 0.29) is 6.04 Å². The zero-order chi connectivity index (χ0) is 14.1. The lowest BCUT2D eigenvalue weighted by molar-refractivity contribution is 0.310. The van der Waals surface area contributed by atoms with Gasteiger partial charge in [-0.1, -0.05) is 53.0 Å². The maximum absolute atomic E-state index is 6.20. The van der Waals surface area contributed by atoms with Crippen LogP contribution in [0.2, 0.25) is 15.1 Å². The Morgan fingerprint density at radius 3 is 2.65 bits per heavy atom. The largest absolute Gasteiger partial charge is 0.491 e. The molecule has 0 saturated carbocycles. The summed E-state index contributed by atoms with van der Waals surface area (Å²) in [6.07, 6.45) is 0. The molecule has 2 nitrogen and oxygen atoms in total. The molecule has 1 heterocycles. The molecule has 0 aliphatic carbocycles. The summed E-state index contributed by atoms with van der Waals surface area (Å²) in [4.78, 5) is 0. The minimum absolute atomic E-state index is 0.136. The first-order valence-electron chi connectivity index (χ1n) is 6.24. The quantitative estimate of drug-likeness (QED) is 0.812. The molecule has 0 fully saturated rings. The minimum atomic E-state index is 0.136. The topological polar surface area (TPSA) is 21.3 Å². The first-order valence-corrected chi connectivity index (χ1v) is 7.37. The van der Waals surface area contributed by atoms with Crippen molar-refractivity contribution in [1.29, 1.82) is 0 Å². The Morgan fingerprint density at radius 2 is 1.80 bits per heavy atom. The van der Waals surface area contributed by atoms with Crippen molar-refractivity contribution in [2.24, 2.45) is 0 Å². The molecule has 5 heteroatoms. The molecular weight excluding hydrogens is 317 g/mol. The summed E-state index contributed by atoms with van der Waals surface area (Å²) in [6.45, 7) is 1.15. The lowest BCUT2D eigenvalue weighted by Gasteiger charge is -2.14. The number of rotatable bonds is 3. The van der Waals surface area contributed by atoms with Crippen LogP contribution < -0.4 is 10.1 Å². The van der Waals surface area contributed by atoms with Gasteiger partial charge in [-0.15, -0.1) is 0 Å². The summed E-state index contributed by atoms with van der Waals surface area (Å²) in [5.41, 5.74) is 1.96. The van der Waals surface area contributed by atoms with Gasteiger partial charge in [-0.05, 0) is 18.2 Å². The number of nitrogens with one attached hydrogen (secondary N) is 1. The summed E-state index contributed by atoms with van der Waals surface area (Å²) in [5.74, 6) is 0.924. The van der Waals surface area contributed by atoms with Crippen molar-refractivity contribution in [1.82, 2.24) is 5.32 Å². The molecule has 104 valence electrons. The van der Waals surface area contributed by atoms with E-state index in [0.29, 0.717) is 28.2 Å². The van der Waals surface area contributed by atoms with Gasteiger partial charge in [-0.3, -0.25) is 0 Å². The molecule has 2 aromatic rings. The molecule has 0 aromatic heterocycles. The fourth-order valence-electron chi connectivity index (χ4n) is 2.29. The van der Waals surface area contributed by atoms with E-state index in [2.05, 4.69) is 11.4 Å². The molecule has 2 aromatic carbocycles. The van der Waals surface area contributed by atoms with Crippen LogP contribution in [0.4, 0.5) is 0 Å². The number of hydrogen-bond acceptors (Lipinski definition) is 2. The zero-order valence-corrected chi connectivity index (χ0v) is 12.8. The predicted octanol–water partition coefficient (Wildman–Crippen LogP) is 4.87. The normalized spacial score (nSPS) is 16.9. The van der Waals surface area contributed by atoms with Gasteiger partial charge in [-0.25, -0.2) is 0 Å². The maximum atomic E-state index is 6.20. The van der Waals surface area contributed by atoms with Gasteiger partial charge < -0.3 is 10.1 Å². The van der Waals surface area contributed by atoms with E-state index in [4.69, 9.17) is 39.5 Å². The second-order valence-corrected chi connectivity index (χ2v) is 5.80. The smallest absolute Gasteiger partial charge is 0.124 e. The van der Waals surface area contributed by atoms with E-state index >= 15 is 0 Å². The first kappa shape index (κ1) is 14.0. The van der Waals surface area contributed by atoms with Gasteiger partial charge in [0.2, 0.25) is 0 Å². The van der Waals surface area contributed by atoms with Gasteiger partial charge in [0.15, 0.2) is 0 Å². The molecule has 0 bridgehead atoms. The average molecular weight is 329 g/mol. The van der Waals surface area contributed by atoms with Crippen LogP contribution in [0.1, 0.15) is 17.2 Å². The van der Waals surface area contributed by atoms with Gasteiger partial charge in [-0.2, -0.15) is 0 Å². The third-order valence-electron chi connectivity index (χ3n) is 3.36. The van der Waals surface area contributed by atoms with Crippen LogP contribution >= 0.6 is 34.8 Å². The lowest BCUT2D eigenvalue weighted by atomic mass is 10.1. The van der Waals surface area contributed by atoms with Crippen molar-refractivity contribution in [2.45, 2.75) is 12.6 Å². The average Bonchev–Trinajstić information content (AvgIpc) is 2.87. The number of fused-ring (bicyclic) bond motifs is 1. The van der Waals surface area contributed by atoms with E-state index in [1.807, 2.05) is 18.2 Å². The molecular formula is C15H12Cl3NO. The Bertz CT molecular complexity index is 645. The van der Waals surface area contributed by atoms with Gasteiger partial charge in [0.05, 0.1) is 16.1 Å². The van der Waals surface area contributed by atoms with E-state index in [1.165, 1.54) is 0 Å². The SMILES string of the molecule is Clc1ccc(Cl)c(CNC2COc3ccccc32)c1Cl. The third kappa shape index (κ3) is 2.61. The Morgan fingerprint density at radius 1 is 1.05 bits per heavy atom. The lowest BCUT2D eigenvalue weighted by Crippen LogP contribution is -2.22. The zero-order valence-electron chi connectivity index (χ0n) is 10.5. The van der Waals surface area contributed by atoms with Gasteiger partial charge in [0, 0.05) is 22.7 Å². The summed E-state index contributed by atoms with van der Waals surface area (Å²) >= 11 is 18.4. The third-order valence-corrected chi connectivity index (χ3v) is 4.56. The van der Waals surface area contributed by atoms with Gasteiger partial charge in [0.1, 0.15) is 12.4 Å². The van der Waals surface area contributed by atoms with Crippen molar-refractivity contribution in [3.8, 4) is 5.75 Å².